The van der Waals surface area contributed by atoms with Gasteiger partial charge in [0.2, 0.25) is 11.8 Å². The zero-order valence-corrected chi connectivity index (χ0v) is 15.0. The molecule has 23 heavy (non-hydrogen) atoms. The summed E-state index contributed by atoms with van der Waals surface area (Å²) >= 11 is 8.18. The largest absolute Gasteiger partial charge is 0.326 e. The summed E-state index contributed by atoms with van der Waals surface area (Å²) in [6, 6.07) is 14.7. The number of anilines is 2. The van der Waals surface area contributed by atoms with E-state index in [1.165, 1.54) is 0 Å². The molecule has 0 saturated carbocycles. The highest BCUT2D eigenvalue weighted by Crippen LogP contribution is 2.27. The number of nitrogens with one attached hydrogen (secondary N) is 1. The fraction of sp³-hybridized carbons (Fsp3) is 0.176. The van der Waals surface area contributed by atoms with Crippen LogP contribution in [0.3, 0.4) is 0 Å². The van der Waals surface area contributed by atoms with Crippen molar-refractivity contribution in [2.75, 3.05) is 16.8 Å². The van der Waals surface area contributed by atoms with Gasteiger partial charge in [-0.3, -0.25) is 9.59 Å². The summed E-state index contributed by atoms with van der Waals surface area (Å²) in [7, 11) is 0. The Kier molecular flexibility index (Phi) is 4.87. The number of hydrogen-bond donors (Lipinski definition) is 1. The average molecular weight is 441 g/mol. The maximum absolute atomic E-state index is 12.4. The summed E-state index contributed by atoms with van der Waals surface area (Å²) in [6.45, 7) is 0.370. The molecule has 3 rings (SSSR count). The van der Waals surface area contributed by atoms with Gasteiger partial charge in [0.15, 0.2) is 0 Å². The van der Waals surface area contributed by atoms with Crippen LogP contribution in [-0.2, 0) is 9.59 Å². The SMILES string of the molecule is O=C(Nc1ccc(I)cc1)[C@@H]1CC(=O)N(c2cccc(Cl)c2)C1. The summed E-state index contributed by atoms with van der Waals surface area (Å²) in [5.74, 6) is -0.556. The molecule has 1 aliphatic heterocycles. The van der Waals surface area contributed by atoms with Crippen LogP contribution in [0.15, 0.2) is 48.5 Å². The maximum Gasteiger partial charge on any atom is 0.229 e. The molecule has 2 amide bonds. The first kappa shape index (κ1) is 16.3. The Morgan fingerprint density at radius 1 is 1.22 bits per heavy atom. The second-order valence-corrected chi connectivity index (χ2v) is 7.06. The zero-order valence-electron chi connectivity index (χ0n) is 12.1. The molecule has 1 N–H and O–H groups in total. The molecular weight excluding hydrogens is 427 g/mol. The van der Waals surface area contributed by atoms with Crippen LogP contribution in [0.25, 0.3) is 0 Å². The van der Waals surface area contributed by atoms with E-state index < -0.39 is 0 Å². The van der Waals surface area contributed by atoms with Gasteiger partial charge in [0.25, 0.3) is 0 Å². The van der Waals surface area contributed by atoms with Gasteiger partial charge in [-0.25, -0.2) is 0 Å². The van der Waals surface area contributed by atoms with Crippen molar-refractivity contribution in [3.63, 3.8) is 0 Å². The summed E-state index contributed by atoms with van der Waals surface area (Å²) < 4.78 is 1.10. The number of carbonyl (C=O) groups is 2. The van der Waals surface area contributed by atoms with Gasteiger partial charge in [0, 0.05) is 32.9 Å². The second-order valence-electron chi connectivity index (χ2n) is 5.38. The molecule has 1 fully saturated rings. The van der Waals surface area contributed by atoms with E-state index in [0.717, 1.165) is 14.9 Å². The summed E-state index contributed by atoms with van der Waals surface area (Å²) in [4.78, 5) is 26.2. The molecule has 0 aliphatic carbocycles. The van der Waals surface area contributed by atoms with Crippen LogP contribution in [0.4, 0.5) is 11.4 Å². The molecular formula is C17H14ClIN2O2. The van der Waals surface area contributed by atoms with Crippen molar-refractivity contribution in [1.82, 2.24) is 0 Å². The van der Waals surface area contributed by atoms with Gasteiger partial charge >= 0.3 is 0 Å². The first-order valence-corrected chi connectivity index (χ1v) is 8.61. The maximum atomic E-state index is 12.4. The number of halogens is 2. The van der Waals surface area contributed by atoms with Crippen LogP contribution >= 0.6 is 34.2 Å². The predicted octanol–water partition coefficient (Wildman–Crippen LogP) is 3.94. The van der Waals surface area contributed by atoms with Crippen molar-refractivity contribution in [1.29, 1.82) is 0 Å². The molecule has 1 atom stereocenters. The van der Waals surface area contributed by atoms with Gasteiger partial charge in [-0.1, -0.05) is 17.7 Å². The van der Waals surface area contributed by atoms with Crippen LogP contribution in [0.5, 0.6) is 0 Å². The molecule has 2 aromatic rings. The van der Waals surface area contributed by atoms with Gasteiger partial charge in [0.05, 0.1) is 5.92 Å². The smallest absolute Gasteiger partial charge is 0.229 e. The fourth-order valence-electron chi connectivity index (χ4n) is 2.55. The molecule has 0 aromatic heterocycles. The Hall–Kier alpha value is -1.60. The topological polar surface area (TPSA) is 49.4 Å². The van der Waals surface area contributed by atoms with E-state index in [1.54, 1.807) is 23.1 Å². The lowest BCUT2D eigenvalue weighted by Crippen LogP contribution is -2.28. The second kappa shape index (κ2) is 6.88. The van der Waals surface area contributed by atoms with E-state index in [-0.39, 0.29) is 24.2 Å². The number of amides is 2. The highest BCUT2D eigenvalue weighted by molar-refractivity contribution is 14.1. The number of hydrogen-bond acceptors (Lipinski definition) is 2. The van der Waals surface area contributed by atoms with Crippen molar-refractivity contribution in [3.05, 3.63) is 57.1 Å². The Labute approximate surface area is 153 Å². The summed E-state index contributed by atoms with van der Waals surface area (Å²) in [6.07, 6.45) is 0.211. The Bertz CT molecular complexity index is 749. The molecule has 1 heterocycles. The number of carbonyl (C=O) groups excluding carboxylic acids is 2. The van der Waals surface area contributed by atoms with E-state index in [1.807, 2.05) is 30.3 Å². The third-order valence-corrected chi connectivity index (χ3v) is 4.68. The quantitative estimate of drug-likeness (QED) is 0.735. The molecule has 1 saturated heterocycles. The number of benzene rings is 2. The summed E-state index contributed by atoms with van der Waals surface area (Å²) in [5.41, 5.74) is 1.47. The fourth-order valence-corrected chi connectivity index (χ4v) is 3.10. The van der Waals surface area contributed by atoms with Crippen LogP contribution in [-0.4, -0.2) is 18.4 Å². The monoisotopic (exact) mass is 440 g/mol. The van der Waals surface area contributed by atoms with Crippen LogP contribution < -0.4 is 10.2 Å². The van der Waals surface area contributed by atoms with Crippen LogP contribution in [0, 0.1) is 9.49 Å². The van der Waals surface area contributed by atoms with Gasteiger partial charge < -0.3 is 10.2 Å². The lowest BCUT2D eigenvalue weighted by Gasteiger charge is -2.17. The van der Waals surface area contributed by atoms with Gasteiger partial charge in [-0.2, -0.15) is 0 Å². The van der Waals surface area contributed by atoms with Gasteiger partial charge in [0.1, 0.15) is 0 Å². The minimum absolute atomic E-state index is 0.0602. The van der Waals surface area contributed by atoms with E-state index in [4.69, 9.17) is 11.6 Å². The number of rotatable bonds is 3. The van der Waals surface area contributed by atoms with Gasteiger partial charge in [-0.05, 0) is 65.1 Å². The van der Waals surface area contributed by atoms with Crippen LogP contribution in [0.2, 0.25) is 5.02 Å². The molecule has 118 valence electrons. The molecule has 0 spiro atoms. The first-order chi connectivity index (χ1) is 11.0. The highest BCUT2D eigenvalue weighted by atomic mass is 127. The van der Waals surface area contributed by atoms with Crippen molar-refractivity contribution < 1.29 is 9.59 Å². The molecule has 4 nitrogen and oxygen atoms in total. The average Bonchev–Trinajstić information content (AvgIpc) is 2.92. The lowest BCUT2D eigenvalue weighted by molar-refractivity contribution is -0.122. The molecule has 0 radical (unpaired) electrons. The van der Waals surface area contributed by atoms with Crippen molar-refractivity contribution >= 4 is 57.4 Å². The van der Waals surface area contributed by atoms with E-state index in [0.29, 0.717) is 11.6 Å². The molecule has 2 aromatic carbocycles. The van der Waals surface area contributed by atoms with E-state index in [9.17, 15) is 9.59 Å². The molecule has 1 aliphatic rings. The van der Waals surface area contributed by atoms with E-state index in [2.05, 4.69) is 27.9 Å². The minimum atomic E-state index is -0.360. The third kappa shape index (κ3) is 3.84. The molecule has 6 heteroatoms. The first-order valence-electron chi connectivity index (χ1n) is 7.15. The Morgan fingerprint density at radius 2 is 1.96 bits per heavy atom. The number of nitrogens with zero attached hydrogens (tertiary/aromatic N) is 1. The molecule has 0 unspecified atom stereocenters. The normalized spacial score (nSPS) is 17.4. The lowest BCUT2D eigenvalue weighted by atomic mass is 10.1. The Balaban J connectivity index is 1.69. The zero-order chi connectivity index (χ0) is 16.4. The van der Waals surface area contributed by atoms with Crippen molar-refractivity contribution in [2.45, 2.75) is 6.42 Å². The van der Waals surface area contributed by atoms with Crippen LogP contribution in [0.1, 0.15) is 6.42 Å². The Morgan fingerprint density at radius 3 is 2.65 bits per heavy atom. The van der Waals surface area contributed by atoms with Gasteiger partial charge in [-0.15, -0.1) is 0 Å². The van der Waals surface area contributed by atoms with E-state index >= 15 is 0 Å². The standard InChI is InChI=1S/C17H14ClIN2O2/c18-12-2-1-3-15(9-12)21-10-11(8-16(21)22)17(23)20-14-6-4-13(19)5-7-14/h1-7,9,11H,8,10H2,(H,20,23)/t11-/m1/s1. The van der Waals surface area contributed by atoms with Crippen molar-refractivity contribution in [3.8, 4) is 0 Å². The van der Waals surface area contributed by atoms with Crippen molar-refractivity contribution in [2.24, 2.45) is 5.92 Å². The predicted molar refractivity (Wildman–Crippen MR) is 99.7 cm³/mol. The third-order valence-electron chi connectivity index (χ3n) is 3.73. The minimum Gasteiger partial charge on any atom is -0.326 e. The summed E-state index contributed by atoms with van der Waals surface area (Å²) in [5, 5.41) is 3.44. The highest BCUT2D eigenvalue weighted by Gasteiger charge is 2.35. The molecule has 0 bridgehead atoms.